The van der Waals surface area contributed by atoms with Crippen LogP contribution in [0.4, 0.5) is 0 Å². The van der Waals surface area contributed by atoms with Crippen molar-refractivity contribution in [1.82, 2.24) is 5.32 Å². The van der Waals surface area contributed by atoms with Crippen molar-refractivity contribution in [2.24, 2.45) is 0 Å². The van der Waals surface area contributed by atoms with Crippen molar-refractivity contribution >= 4 is 11.6 Å². The SMILES string of the molecule is CCc1cc(Cl)cc(C(O)CNC)c1. The normalized spacial score (nSPS) is 12.9. The van der Waals surface area contributed by atoms with Gasteiger partial charge in [0, 0.05) is 11.6 Å². The van der Waals surface area contributed by atoms with Gasteiger partial charge in [0.1, 0.15) is 0 Å². The number of hydrogen-bond acceptors (Lipinski definition) is 2. The molecule has 0 saturated carbocycles. The lowest BCUT2D eigenvalue weighted by Gasteiger charge is -2.12. The second kappa shape index (κ2) is 5.35. The molecule has 0 aliphatic heterocycles. The van der Waals surface area contributed by atoms with Crippen molar-refractivity contribution in [1.29, 1.82) is 0 Å². The van der Waals surface area contributed by atoms with Crippen molar-refractivity contribution in [2.45, 2.75) is 19.4 Å². The van der Waals surface area contributed by atoms with Crippen LogP contribution in [-0.4, -0.2) is 18.7 Å². The summed E-state index contributed by atoms with van der Waals surface area (Å²) in [5, 5.41) is 13.4. The van der Waals surface area contributed by atoms with Gasteiger partial charge in [0.05, 0.1) is 6.10 Å². The Morgan fingerprint density at radius 2 is 2.14 bits per heavy atom. The molecule has 0 aromatic heterocycles. The summed E-state index contributed by atoms with van der Waals surface area (Å²) in [6.45, 7) is 2.61. The lowest BCUT2D eigenvalue weighted by Crippen LogP contribution is -2.16. The summed E-state index contributed by atoms with van der Waals surface area (Å²) in [5.41, 5.74) is 2.03. The van der Waals surface area contributed by atoms with E-state index in [1.165, 1.54) is 0 Å². The van der Waals surface area contributed by atoms with Crippen molar-refractivity contribution < 1.29 is 5.11 Å². The molecule has 1 unspecified atom stereocenters. The first-order valence-electron chi connectivity index (χ1n) is 4.79. The number of rotatable bonds is 4. The Kier molecular flexibility index (Phi) is 4.39. The second-order valence-corrected chi connectivity index (χ2v) is 3.76. The van der Waals surface area contributed by atoms with Gasteiger partial charge in [-0.15, -0.1) is 0 Å². The number of benzene rings is 1. The Hall–Kier alpha value is -0.570. The molecule has 1 atom stereocenters. The summed E-state index contributed by atoms with van der Waals surface area (Å²) in [5.74, 6) is 0. The van der Waals surface area contributed by atoms with Crippen molar-refractivity contribution in [3.05, 3.63) is 34.3 Å². The standard InChI is InChI=1S/C11H16ClNO/c1-3-8-4-9(6-10(12)5-8)11(14)7-13-2/h4-6,11,13-14H,3,7H2,1-2H3. The van der Waals surface area contributed by atoms with Gasteiger partial charge in [-0.1, -0.05) is 24.6 Å². The number of aliphatic hydroxyl groups excluding tert-OH is 1. The smallest absolute Gasteiger partial charge is 0.0914 e. The van der Waals surface area contributed by atoms with Crippen molar-refractivity contribution in [3.8, 4) is 0 Å². The first-order chi connectivity index (χ1) is 6.67. The first-order valence-corrected chi connectivity index (χ1v) is 5.17. The molecule has 1 aromatic rings. The number of likely N-dealkylation sites (N-methyl/N-ethyl adjacent to an activating group) is 1. The van der Waals surface area contributed by atoms with E-state index in [4.69, 9.17) is 11.6 Å². The van der Waals surface area contributed by atoms with E-state index in [0.29, 0.717) is 11.6 Å². The Bertz CT molecular complexity index is 301. The highest BCUT2D eigenvalue weighted by atomic mass is 35.5. The van der Waals surface area contributed by atoms with Gasteiger partial charge < -0.3 is 10.4 Å². The van der Waals surface area contributed by atoms with E-state index in [9.17, 15) is 5.11 Å². The van der Waals surface area contributed by atoms with Gasteiger partial charge in [0.15, 0.2) is 0 Å². The quantitative estimate of drug-likeness (QED) is 0.804. The summed E-state index contributed by atoms with van der Waals surface area (Å²) >= 11 is 5.94. The van der Waals surface area contributed by atoms with Crippen LogP contribution in [0.25, 0.3) is 0 Å². The lowest BCUT2D eigenvalue weighted by atomic mass is 10.0. The predicted molar refractivity (Wildman–Crippen MR) is 59.7 cm³/mol. The molecule has 2 nitrogen and oxygen atoms in total. The van der Waals surface area contributed by atoms with Gasteiger partial charge in [-0.3, -0.25) is 0 Å². The van der Waals surface area contributed by atoms with Crippen LogP contribution in [0.15, 0.2) is 18.2 Å². The number of aliphatic hydroxyl groups is 1. The highest BCUT2D eigenvalue weighted by Gasteiger charge is 2.07. The molecule has 1 rings (SSSR count). The molecule has 0 amide bonds. The monoisotopic (exact) mass is 213 g/mol. The molecule has 0 fully saturated rings. The lowest BCUT2D eigenvalue weighted by molar-refractivity contribution is 0.177. The number of halogens is 1. The average Bonchev–Trinajstić information content (AvgIpc) is 2.17. The Morgan fingerprint density at radius 3 is 2.71 bits per heavy atom. The summed E-state index contributed by atoms with van der Waals surface area (Å²) in [7, 11) is 1.81. The minimum absolute atomic E-state index is 0.482. The molecule has 14 heavy (non-hydrogen) atoms. The summed E-state index contributed by atoms with van der Waals surface area (Å²) in [6.07, 6.45) is 0.448. The molecule has 0 radical (unpaired) electrons. The van der Waals surface area contributed by atoms with Crippen LogP contribution in [0, 0.1) is 0 Å². The predicted octanol–water partition coefficient (Wildman–Crippen LogP) is 2.16. The number of hydrogen-bond donors (Lipinski definition) is 2. The van der Waals surface area contributed by atoms with E-state index in [1.807, 2.05) is 25.2 Å². The maximum Gasteiger partial charge on any atom is 0.0914 e. The maximum atomic E-state index is 9.74. The Labute approximate surface area is 89.9 Å². The number of aryl methyl sites for hydroxylation is 1. The van der Waals surface area contributed by atoms with Gasteiger partial charge in [-0.2, -0.15) is 0 Å². The van der Waals surface area contributed by atoms with E-state index in [2.05, 4.69) is 12.2 Å². The molecule has 3 heteroatoms. The fourth-order valence-corrected chi connectivity index (χ4v) is 1.65. The van der Waals surface area contributed by atoms with Crippen LogP contribution < -0.4 is 5.32 Å². The highest BCUT2D eigenvalue weighted by molar-refractivity contribution is 6.30. The van der Waals surface area contributed by atoms with E-state index in [1.54, 1.807) is 0 Å². The molecule has 78 valence electrons. The van der Waals surface area contributed by atoms with Crippen LogP contribution >= 0.6 is 11.6 Å². The largest absolute Gasteiger partial charge is 0.387 e. The van der Waals surface area contributed by atoms with Crippen molar-refractivity contribution in [3.63, 3.8) is 0 Å². The zero-order valence-corrected chi connectivity index (χ0v) is 9.30. The molecule has 0 aliphatic carbocycles. The fraction of sp³-hybridized carbons (Fsp3) is 0.455. The molecule has 1 aromatic carbocycles. The van der Waals surface area contributed by atoms with E-state index in [-0.39, 0.29) is 0 Å². The minimum atomic E-state index is -0.482. The molecule has 0 bridgehead atoms. The second-order valence-electron chi connectivity index (χ2n) is 3.32. The van der Waals surface area contributed by atoms with Gasteiger partial charge in [-0.05, 0) is 36.7 Å². The van der Waals surface area contributed by atoms with Crippen molar-refractivity contribution in [2.75, 3.05) is 13.6 Å². The average molecular weight is 214 g/mol. The Balaban J connectivity index is 2.90. The third kappa shape index (κ3) is 2.98. The zero-order chi connectivity index (χ0) is 10.6. The van der Waals surface area contributed by atoms with E-state index >= 15 is 0 Å². The summed E-state index contributed by atoms with van der Waals surface area (Å²) < 4.78 is 0. The summed E-state index contributed by atoms with van der Waals surface area (Å²) in [4.78, 5) is 0. The molecule has 2 N–H and O–H groups in total. The van der Waals surface area contributed by atoms with Gasteiger partial charge in [0.2, 0.25) is 0 Å². The van der Waals surface area contributed by atoms with Crippen LogP contribution in [0.2, 0.25) is 5.02 Å². The molecule has 0 spiro atoms. The zero-order valence-electron chi connectivity index (χ0n) is 8.55. The Morgan fingerprint density at radius 1 is 1.43 bits per heavy atom. The van der Waals surface area contributed by atoms with Gasteiger partial charge >= 0.3 is 0 Å². The van der Waals surface area contributed by atoms with Crippen LogP contribution in [0.5, 0.6) is 0 Å². The fourth-order valence-electron chi connectivity index (χ4n) is 1.38. The van der Waals surface area contributed by atoms with E-state index < -0.39 is 6.10 Å². The van der Waals surface area contributed by atoms with Gasteiger partial charge in [-0.25, -0.2) is 0 Å². The third-order valence-electron chi connectivity index (χ3n) is 2.17. The van der Waals surface area contributed by atoms with Crippen LogP contribution in [0.3, 0.4) is 0 Å². The van der Waals surface area contributed by atoms with Crippen LogP contribution in [-0.2, 0) is 6.42 Å². The molecule has 0 saturated heterocycles. The maximum absolute atomic E-state index is 9.74. The third-order valence-corrected chi connectivity index (χ3v) is 2.39. The molecule has 0 heterocycles. The topological polar surface area (TPSA) is 32.3 Å². The van der Waals surface area contributed by atoms with Gasteiger partial charge in [0.25, 0.3) is 0 Å². The minimum Gasteiger partial charge on any atom is -0.387 e. The highest BCUT2D eigenvalue weighted by Crippen LogP contribution is 2.20. The number of nitrogens with one attached hydrogen (secondary N) is 1. The summed E-state index contributed by atoms with van der Waals surface area (Å²) in [6, 6.07) is 5.73. The molecule has 0 aliphatic rings. The van der Waals surface area contributed by atoms with E-state index in [0.717, 1.165) is 17.5 Å². The molecular weight excluding hydrogens is 198 g/mol. The molecular formula is C11H16ClNO. The van der Waals surface area contributed by atoms with Crippen LogP contribution in [0.1, 0.15) is 24.2 Å². The first kappa shape index (κ1) is 11.5.